The van der Waals surface area contributed by atoms with Gasteiger partial charge >= 0.3 is 0 Å². The SMILES string of the molecule is CC(C)n1c2cc(N)ccc2c2cnc(N)nc21. The third-order valence-electron chi connectivity index (χ3n) is 3.10. The summed E-state index contributed by atoms with van der Waals surface area (Å²) in [4.78, 5) is 8.43. The topological polar surface area (TPSA) is 82.8 Å². The zero-order valence-corrected chi connectivity index (χ0v) is 10.4. The standard InChI is InChI=1S/C13H15N5/c1-7(2)18-11-5-8(14)3-4-9(11)10-6-16-13(15)17-12(10)18/h3-7H,14H2,1-2H3,(H2,15,16,17). The van der Waals surface area contributed by atoms with E-state index in [4.69, 9.17) is 11.5 Å². The Hall–Kier alpha value is -2.30. The molecular weight excluding hydrogens is 226 g/mol. The first-order valence-electron chi connectivity index (χ1n) is 5.89. The van der Waals surface area contributed by atoms with E-state index in [1.165, 1.54) is 0 Å². The molecule has 0 atom stereocenters. The fourth-order valence-corrected chi connectivity index (χ4v) is 2.37. The Morgan fingerprint density at radius 2 is 1.94 bits per heavy atom. The fraction of sp³-hybridized carbons (Fsp3) is 0.231. The van der Waals surface area contributed by atoms with Gasteiger partial charge in [0.15, 0.2) is 0 Å². The smallest absolute Gasteiger partial charge is 0.221 e. The monoisotopic (exact) mass is 241 g/mol. The van der Waals surface area contributed by atoms with Gasteiger partial charge in [0.05, 0.1) is 5.52 Å². The van der Waals surface area contributed by atoms with Crippen molar-refractivity contribution in [2.45, 2.75) is 19.9 Å². The van der Waals surface area contributed by atoms with E-state index in [9.17, 15) is 0 Å². The summed E-state index contributed by atoms with van der Waals surface area (Å²) in [6, 6.07) is 6.14. The second-order valence-corrected chi connectivity index (χ2v) is 4.71. The Kier molecular flexibility index (Phi) is 2.16. The zero-order chi connectivity index (χ0) is 12.9. The molecule has 3 rings (SSSR count). The first-order chi connectivity index (χ1) is 8.58. The van der Waals surface area contributed by atoms with Crippen LogP contribution < -0.4 is 11.5 Å². The number of hydrogen-bond donors (Lipinski definition) is 2. The average molecular weight is 241 g/mol. The highest BCUT2D eigenvalue weighted by atomic mass is 15.1. The van der Waals surface area contributed by atoms with Crippen molar-refractivity contribution in [3.63, 3.8) is 0 Å². The van der Waals surface area contributed by atoms with Crippen molar-refractivity contribution in [3.8, 4) is 0 Å². The summed E-state index contributed by atoms with van der Waals surface area (Å²) in [5.74, 6) is 0.292. The Balaban J connectivity index is 2.56. The minimum atomic E-state index is 0.279. The number of nitrogen functional groups attached to an aromatic ring is 2. The van der Waals surface area contributed by atoms with Gasteiger partial charge in [-0.2, -0.15) is 4.98 Å². The highest BCUT2D eigenvalue weighted by Gasteiger charge is 2.14. The lowest BCUT2D eigenvalue weighted by Crippen LogP contribution is -2.03. The first kappa shape index (κ1) is 10.8. The van der Waals surface area contributed by atoms with E-state index in [2.05, 4.69) is 28.4 Å². The Morgan fingerprint density at radius 1 is 1.17 bits per heavy atom. The summed E-state index contributed by atoms with van der Waals surface area (Å²) in [6.45, 7) is 4.22. The summed E-state index contributed by atoms with van der Waals surface area (Å²) in [5.41, 5.74) is 14.2. The van der Waals surface area contributed by atoms with Crippen LogP contribution in [0.1, 0.15) is 19.9 Å². The lowest BCUT2D eigenvalue weighted by molar-refractivity contribution is 0.637. The summed E-state index contributed by atoms with van der Waals surface area (Å²) >= 11 is 0. The molecule has 3 aromatic rings. The van der Waals surface area contributed by atoms with Gasteiger partial charge in [-0.15, -0.1) is 0 Å². The molecule has 0 radical (unpaired) electrons. The minimum Gasteiger partial charge on any atom is -0.399 e. The summed E-state index contributed by atoms with van der Waals surface area (Å²) in [5, 5.41) is 2.11. The number of benzene rings is 1. The van der Waals surface area contributed by atoms with E-state index in [1.54, 1.807) is 6.20 Å². The summed E-state index contributed by atoms with van der Waals surface area (Å²) in [6.07, 6.45) is 1.77. The maximum Gasteiger partial charge on any atom is 0.221 e. The van der Waals surface area contributed by atoms with Crippen molar-refractivity contribution in [2.75, 3.05) is 11.5 Å². The Bertz CT molecular complexity index is 683. The number of nitrogens with two attached hydrogens (primary N) is 2. The van der Waals surface area contributed by atoms with Crippen molar-refractivity contribution < 1.29 is 0 Å². The van der Waals surface area contributed by atoms with Crippen LogP contribution in [0.5, 0.6) is 0 Å². The highest BCUT2D eigenvalue weighted by Crippen LogP contribution is 2.31. The molecule has 0 saturated carbocycles. The van der Waals surface area contributed by atoms with Crippen LogP contribution in [0.3, 0.4) is 0 Å². The van der Waals surface area contributed by atoms with Crippen molar-refractivity contribution >= 4 is 33.6 Å². The van der Waals surface area contributed by atoms with Crippen LogP contribution in [0, 0.1) is 0 Å². The lowest BCUT2D eigenvalue weighted by atomic mass is 10.2. The quantitative estimate of drug-likeness (QED) is 0.640. The van der Waals surface area contributed by atoms with Gasteiger partial charge in [-0.05, 0) is 26.0 Å². The molecule has 5 nitrogen and oxygen atoms in total. The number of aromatic nitrogens is 3. The average Bonchev–Trinajstić information content (AvgIpc) is 2.60. The number of anilines is 2. The fourth-order valence-electron chi connectivity index (χ4n) is 2.37. The highest BCUT2D eigenvalue weighted by molar-refractivity contribution is 6.07. The van der Waals surface area contributed by atoms with E-state index < -0.39 is 0 Å². The molecule has 0 aliphatic carbocycles. The number of nitrogens with zero attached hydrogens (tertiary/aromatic N) is 3. The number of fused-ring (bicyclic) bond motifs is 3. The van der Waals surface area contributed by atoms with E-state index >= 15 is 0 Å². The third-order valence-corrected chi connectivity index (χ3v) is 3.10. The van der Waals surface area contributed by atoms with Gasteiger partial charge in [0.25, 0.3) is 0 Å². The molecule has 0 aliphatic rings. The molecular formula is C13H15N5. The maximum atomic E-state index is 5.87. The first-order valence-corrected chi connectivity index (χ1v) is 5.89. The second-order valence-electron chi connectivity index (χ2n) is 4.71. The largest absolute Gasteiger partial charge is 0.399 e. The van der Waals surface area contributed by atoms with Crippen molar-refractivity contribution in [2.24, 2.45) is 0 Å². The molecule has 0 unspecified atom stereocenters. The maximum absolute atomic E-state index is 5.87. The van der Waals surface area contributed by atoms with Crippen LogP contribution >= 0.6 is 0 Å². The lowest BCUT2D eigenvalue weighted by Gasteiger charge is -2.10. The normalized spacial score (nSPS) is 11.7. The molecule has 92 valence electrons. The minimum absolute atomic E-state index is 0.279. The van der Waals surface area contributed by atoms with Crippen molar-refractivity contribution in [1.82, 2.24) is 14.5 Å². The van der Waals surface area contributed by atoms with Gasteiger partial charge < -0.3 is 16.0 Å². The predicted molar refractivity (Wildman–Crippen MR) is 74.2 cm³/mol. The van der Waals surface area contributed by atoms with Crippen LogP contribution in [-0.2, 0) is 0 Å². The summed E-state index contributed by atoms with van der Waals surface area (Å²) in [7, 11) is 0. The summed E-state index contributed by atoms with van der Waals surface area (Å²) < 4.78 is 2.14. The predicted octanol–water partition coefficient (Wildman–Crippen LogP) is 2.33. The van der Waals surface area contributed by atoms with E-state index in [1.807, 2.05) is 18.2 Å². The van der Waals surface area contributed by atoms with Gasteiger partial charge in [0, 0.05) is 28.7 Å². The zero-order valence-electron chi connectivity index (χ0n) is 10.4. The van der Waals surface area contributed by atoms with Gasteiger partial charge in [-0.25, -0.2) is 4.98 Å². The second kappa shape index (κ2) is 3.60. The van der Waals surface area contributed by atoms with Gasteiger partial charge in [-0.3, -0.25) is 0 Å². The number of rotatable bonds is 1. The Morgan fingerprint density at radius 3 is 2.67 bits per heavy atom. The molecule has 0 amide bonds. The molecule has 2 heterocycles. The number of hydrogen-bond acceptors (Lipinski definition) is 4. The molecule has 2 aromatic heterocycles. The molecule has 0 saturated heterocycles. The van der Waals surface area contributed by atoms with Crippen LogP contribution in [0.2, 0.25) is 0 Å². The molecule has 1 aromatic carbocycles. The van der Waals surface area contributed by atoms with Gasteiger partial charge in [-0.1, -0.05) is 6.07 Å². The molecule has 0 spiro atoms. The molecule has 0 bridgehead atoms. The van der Waals surface area contributed by atoms with Crippen LogP contribution in [0.4, 0.5) is 11.6 Å². The van der Waals surface area contributed by atoms with E-state index in [-0.39, 0.29) is 6.04 Å². The third kappa shape index (κ3) is 1.40. The van der Waals surface area contributed by atoms with Gasteiger partial charge in [0.2, 0.25) is 5.95 Å². The Labute approximate surface area is 104 Å². The van der Waals surface area contributed by atoms with Crippen LogP contribution in [0.25, 0.3) is 21.9 Å². The van der Waals surface area contributed by atoms with Crippen molar-refractivity contribution in [1.29, 1.82) is 0 Å². The van der Waals surface area contributed by atoms with Crippen LogP contribution in [0.15, 0.2) is 24.4 Å². The molecule has 18 heavy (non-hydrogen) atoms. The van der Waals surface area contributed by atoms with E-state index in [0.29, 0.717) is 5.95 Å². The molecule has 5 heteroatoms. The molecule has 0 aliphatic heterocycles. The molecule has 0 fully saturated rings. The van der Waals surface area contributed by atoms with Crippen molar-refractivity contribution in [3.05, 3.63) is 24.4 Å². The van der Waals surface area contributed by atoms with Crippen LogP contribution in [-0.4, -0.2) is 14.5 Å². The molecule has 4 N–H and O–H groups in total. The van der Waals surface area contributed by atoms with Gasteiger partial charge in [0.1, 0.15) is 5.65 Å². The van der Waals surface area contributed by atoms with E-state index in [0.717, 1.165) is 27.6 Å².